The molecular formula is C17H23FN4O3. The predicted octanol–water partition coefficient (Wildman–Crippen LogP) is 0.704. The van der Waals surface area contributed by atoms with Gasteiger partial charge in [-0.15, -0.1) is 0 Å². The molecule has 1 aromatic rings. The predicted molar refractivity (Wildman–Crippen MR) is 90.1 cm³/mol. The second kappa shape index (κ2) is 8.57. The van der Waals surface area contributed by atoms with E-state index < -0.39 is 23.8 Å². The van der Waals surface area contributed by atoms with Gasteiger partial charge in [0.15, 0.2) is 0 Å². The van der Waals surface area contributed by atoms with E-state index >= 15 is 0 Å². The quantitative estimate of drug-likeness (QED) is 0.534. The summed E-state index contributed by atoms with van der Waals surface area (Å²) in [7, 11) is 3.89. The number of nitrogens with zero attached hydrogens (tertiary/aromatic N) is 2. The summed E-state index contributed by atoms with van der Waals surface area (Å²) in [4.78, 5) is 39.2. The van der Waals surface area contributed by atoms with Crippen molar-refractivity contribution < 1.29 is 18.8 Å². The molecule has 0 aliphatic carbocycles. The van der Waals surface area contributed by atoms with Gasteiger partial charge < -0.3 is 15.5 Å². The Morgan fingerprint density at radius 1 is 1.36 bits per heavy atom. The van der Waals surface area contributed by atoms with Gasteiger partial charge in [-0.05, 0) is 44.8 Å². The molecule has 2 rings (SSSR count). The molecule has 0 aromatic heterocycles. The zero-order chi connectivity index (χ0) is 18.4. The Hall–Kier alpha value is -2.48. The number of nitrogens with one attached hydrogen (secondary N) is 2. The van der Waals surface area contributed by atoms with Crippen LogP contribution in [0.4, 0.5) is 9.18 Å². The molecule has 0 spiro atoms. The molecular weight excluding hydrogens is 327 g/mol. The average Bonchev–Trinajstić information content (AvgIpc) is 2.79. The zero-order valence-corrected chi connectivity index (χ0v) is 14.4. The number of carbonyl (C=O) groups excluding carboxylic acids is 3. The lowest BCUT2D eigenvalue weighted by atomic mass is 10.1. The van der Waals surface area contributed by atoms with E-state index in [4.69, 9.17) is 0 Å². The molecule has 1 saturated heterocycles. The van der Waals surface area contributed by atoms with Crippen LogP contribution in [-0.2, 0) is 16.1 Å². The van der Waals surface area contributed by atoms with E-state index in [1.165, 1.54) is 18.2 Å². The van der Waals surface area contributed by atoms with E-state index in [0.717, 1.165) is 17.9 Å². The molecule has 1 aromatic carbocycles. The third-order valence-corrected chi connectivity index (χ3v) is 3.83. The molecule has 7 nitrogen and oxygen atoms in total. The van der Waals surface area contributed by atoms with Crippen molar-refractivity contribution in [2.45, 2.75) is 25.4 Å². The van der Waals surface area contributed by atoms with Gasteiger partial charge in [0.2, 0.25) is 5.91 Å². The Morgan fingerprint density at radius 2 is 2.12 bits per heavy atom. The highest BCUT2D eigenvalue weighted by atomic mass is 19.1. The van der Waals surface area contributed by atoms with Gasteiger partial charge in [-0.3, -0.25) is 14.5 Å². The number of urea groups is 1. The standard InChI is InChI=1S/C17H23FN4O3/c1-21(2)8-4-7-19-15(23)10-14-16(24)22(17(25)20-14)11-12-5-3-6-13(18)9-12/h3,5-6,9,14H,4,7-8,10-11H2,1-2H3,(H,19,23)(H,20,25)/t14-/m0/s1. The van der Waals surface area contributed by atoms with Crippen LogP contribution in [0.2, 0.25) is 0 Å². The average molecular weight is 350 g/mol. The minimum Gasteiger partial charge on any atom is -0.356 e. The molecule has 1 aliphatic heterocycles. The number of halogens is 1. The first-order valence-electron chi connectivity index (χ1n) is 8.14. The van der Waals surface area contributed by atoms with Crippen LogP contribution in [-0.4, -0.2) is 60.9 Å². The van der Waals surface area contributed by atoms with Gasteiger partial charge in [-0.1, -0.05) is 12.1 Å². The highest BCUT2D eigenvalue weighted by Crippen LogP contribution is 2.14. The molecule has 1 atom stereocenters. The maximum atomic E-state index is 13.2. The zero-order valence-electron chi connectivity index (χ0n) is 14.4. The van der Waals surface area contributed by atoms with Crippen LogP contribution in [0.25, 0.3) is 0 Å². The smallest absolute Gasteiger partial charge is 0.325 e. The highest BCUT2D eigenvalue weighted by molar-refractivity contribution is 6.05. The maximum Gasteiger partial charge on any atom is 0.325 e. The summed E-state index contributed by atoms with van der Waals surface area (Å²) >= 11 is 0. The molecule has 0 bridgehead atoms. The first-order valence-corrected chi connectivity index (χ1v) is 8.14. The number of hydrogen-bond acceptors (Lipinski definition) is 4. The number of imide groups is 1. The largest absolute Gasteiger partial charge is 0.356 e. The van der Waals surface area contributed by atoms with Gasteiger partial charge in [0.25, 0.3) is 5.91 Å². The van der Waals surface area contributed by atoms with Crippen molar-refractivity contribution >= 4 is 17.8 Å². The van der Waals surface area contributed by atoms with Crippen LogP contribution in [0.1, 0.15) is 18.4 Å². The Kier molecular flexibility index (Phi) is 6.46. The van der Waals surface area contributed by atoms with E-state index in [1.54, 1.807) is 6.07 Å². The molecule has 0 saturated carbocycles. The normalized spacial score (nSPS) is 17.1. The third-order valence-electron chi connectivity index (χ3n) is 3.83. The Morgan fingerprint density at radius 3 is 2.80 bits per heavy atom. The van der Waals surface area contributed by atoms with Gasteiger partial charge in [0.1, 0.15) is 11.9 Å². The number of carbonyl (C=O) groups is 3. The summed E-state index contributed by atoms with van der Waals surface area (Å²) in [5, 5.41) is 5.24. The summed E-state index contributed by atoms with van der Waals surface area (Å²) in [6, 6.07) is 4.26. The van der Waals surface area contributed by atoms with Crippen LogP contribution in [0, 0.1) is 5.82 Å². The van der Waals surface area contributed by atoms with E-state index in [9.17, 15) is 18.8 Å². The van der Waals surface area contributed by atoms with Crippen LogP contribution < -0.4 is 10.6 Å². The molecule has 1 aliphatic rings. The lowest BCUT2D eigenvalue weighted by Gasteiger charge is -2.13. The Bertz CT molecular complexity index is 651. The first kappa shape index (κ1) is 18.9. The summed E-state index contributed by atoms with van der Waals surface area (Å²) in [5.41, 5.74) is 0.511. The summed E-state index contributed by atoms with van der Waals surface area (Å²) in [5.74, 6) is -1.19. The molecule has 2 N–H and O–H groups in total. The number of hydrogen-bond donors (Lipinski definition) is 2. The minimum absolute atomic E-state index is 0.0244. The van der Waals surface area contributed by atoms with Crippen LogP contribution in [0.15, 0.2) is 24.3 Å². The molecule has 4 amide bonds. The second-order valence-electron chi connectivity index (χ2n) is 6.27. The van der Waals surface area contributed by atoms with Gasteiger partial charge in [-0.25, -0.2) is 9.18 Å². The lowest BCUT2D eigenvalue weighted by Crippen LogP contribution is -2.37. The van der Waals surface area contributed by atoms with Gasteiger partial charge in [0.05, 0.1) is 13.0 Å². The van der Waals surface area contributed by atoms with Gasteiger partial charge in [-0.2, -0.15) is 0 Å². The van der Waals surface area contributed by atoms with E-state index in [1.807, 2.05) is 19.0 Å². The topological polar surface area (TPSA) is 81.8 Å². The van der Waals surface area contributed by atoms with E-state index in [2.05, 4.69) is 10.6 Å². The van der Waals surface area contributed by atoms with E-state index in [0.29, 0.717) is 12.1 Å². The van der Waals surface area contributed by atoms with Gasteiger partial charge in [0, 0.05) is 6.54 Å². The highest BCUT2D eigenvalue weighted by Gasteiger charge is 2.38. The molecule has 1 heterocycles. The fourth-order valence-corrected chi connectivity index (χ4v) is 2.56. The van der Waals surface area contributed by atoms with Crippen molar-refractivity contribution in [3.8, 4) is 0 Å². The molecule has 136 valence electrons. The SMILES string of the molecule is CN(C)CCCNC(=O)C[C@@H]1NC(=O)N(Cc2cccc(F)c2)C1=O. The van der Waals surface area contributed by atoms with Crippen molar-refractivity contribution in [1.29, 1.82) is 0 Å². The summed E-state index contributed by atoms with van der Waals surface area (Å²) < 4.78 is 13.2. The fraction of sp³-hybridized carbons (Fsp3) is 0.471. The summed E-state index contributed by atoms with van der Waals surface area (Å²) in [6.45, 7) is 1.34. The molecule has 8 heteroatoms. The third kappa shape index (κ3) is 5.53. The first-order chi connectivity index (χ1) is 11.9. The molecule has 0 unspecified atom stereocenters. The van der Waals surface area contributed by atoms with Crippen LogP contribution in [0.5, 0.6) is 0 Å². The van der Waals surface area contributed by atoms with Crippen LogP contribution >= 0.6 is 0 Å². The molecule has 25 heavy (non-hydrogen) atoms. The minimum atomic E-state index is -0.880. The molecule has 1 fully saturated rings. The second-order valence-corrected chi connectivity index (χ2v) is 6.27. The lowest BCUT2D eigenvalue weighted by molar-refractivity contribution is -0.131. The molecule has 0 radical (unpaired) electrons. The number of benzene rings is 1. The number of amides is 4. The van der Waals surface area contributed by atoms with Crippen molar-refractivity contribution in [2.75, 3.05) is 27.2 Å². The Labute approximate surface area is 146 Å². The number of rotatable bonds is 8. The van der Waals surface area contributed by atoms with Crippen molar-refractivity contribution in [3.05, 3.63) is 35.6 Å². The van der Waals surface area contributed by atoms with Crippen LogP contribution in [0.3, 0.4) is 0 Å². The monoisotopic (exact) mass is 350 g/mol. The van der Waals surface area contributed by atoms with Gasteiger partial charge >= 0.3 is 6.03 Å². The fourth-order valence-electron chi connectivity index (χ4n) is 2.56. The van der Waals surface area contributed by atoms with Crippen molar-refractivity contribution in [3.63, 3.8) is 0 Å². The van der Waals surface area contributed by atoms with E-state index in [-0.39, 0.29) is 18.9 Å². The van der Waals surface area contributed by atoms with Crippen molar-refractivity contribution in [1.82, 2.24) is 20.4 Å². The maximum absolute atomic E-state index is 13.2. The summed E-state index contributed by atoms with van der Waals surface area (Å²) in [6.07, 6.45) is 0.696. The van der Waals surface area contributed by atoms with Crippen molar-refractivity contribution in [2.24, 2.45) is 0 Å². The Balaban J connectivity index is 1.84.